The molecule has 1 aliphatic heterocycles. The van der Waals surface area contributed by atoms with E-state index in [1.54, 1.807) is 0 Å². The minimum atomic E-state index is 0.659. The second-order valence-corrected chi connectivity index (χ2v) is 10.8. The molecule has 42 heavy (non-hydrogen) atoms. The van der Waals surface area contributed by atoms with Gasteiger partial charge in [0.15, 0.2) is 0 Å². The van der Waals surface area contributed by atoms with Crippen LogP contribution in [0.5, 0.6) is 0 Å². The van der Waals surface area contributed by atoms with Crippen LogP contribution in [0.1, 0.15) is 60.7 Å². The van der Waals surface area contributed by atoms with Crippen molar-refractivity contribution in [3.8, 4) is 17.2 Å². The number of rotatable bonds is 11. The zero-order chi connectivity index (χ0) is 29.0. The summed E-state index contributed by atoms with van der Waals surface area (Å²) in [5.74, 6) is 0. The van der Waals surface area contributed by atoms with Gasteiger partial charge in [-0.05, 0) is 72.6 Å². The molecule has 5 rings (SSSR count). The number of nitrogens with zero attached hydrogens (tertiary/aromatic N) is 5. The molecule has 1 aliphatic rings. The summed E-state index contributed by atoms with van der Waals surface area (Å²) in [4.78, 5) is 14.3. The summed E-state index contributed by atoms with van der Waals surface area (Å²) >= 11 is 0. The summed E-state index contributed by atoms with van der Waals surface area (Å²) in [5.41, 5.74) is 8.04. The predicted octanol–water partition coefficient (Wildman–Crippen LogP) is 8.06. The van der Waals surface area contributed by atoms with Gasteiger partial charge in [-0.1, -0.05) is 74.7 Å². The van der Waals surface area contributed by atoms with Crippen LogP contribution in [0.15, 0.2) is 85.2 Å². The first-order valence-electron chi connectivity index (χ1n) is 15.1. The quantitative estimate of drug-likeness (QED) is 0.176. The molecule has 0 spiro atoms. The van der Waals surface area contributed by atoms with Gasteiger partial charge in [0, 0.05) is 55.4 Å². The molecule has 0 unspecified atom stereocenters. The number of anilines is 1. The lowest BCUT2D eigenvalue weighted by Crippen LogP contribution is -2.46. The van der Waals surface area contributed by atoms with Gasteiger partial charge < -0.3 is 4.90 Å². The van der Waals surface area contributed by atoms with E-state index in [0.29, 0.717) is 5.56 Å². The summed E-state index contributed by atoms with van der Waals surface area (Å²) in [6.07, 6.45) is 17.3. The molecule has 0 N–H and O–H groups in total. The summed E-state index contributed by atoms with van der Waals surface area (Å²) in [6, 6.07) is 26.7. The van der Waals surface area contributed by atoms with Crippen molar-refractivity contribution in [2.75, 3.05) is 37.6 Å². The average molecular weight is 554 g/mol. The number of aromatic nitrogens is 2. The van der Waals surface area contributed by atoms with Crippen molar-refractivity contribution in [2.45, 2.75) is 32.6 Å². The fourth-order valence-corrected chi connectivity index (χ4v) is 5.17. The van der Waals surface area contributed by atoms with E-state index in [1.807, 2.05) is 60.9 Å². The fraction of sp³-hybridized carbons (Fsp3) is 0.270. The van der Waals surface area contributed by atoms with E-state index in [2.05, 4.69) is 81.3 Å². The molecule has 2 aromatic carbocycles. The van der Waals surface area contributed by atoms with Crippen molar-refractivity contribution in [2.24, 2.45) is 0 Å². The number of unbranched alkanes of at least 4 members (excludes halogenated alkanes) is 3. The fourth-order valence-electron chi connectivity index (χ4n) is 5.17. The van der Waals surface area contributed by atoms with Crippen LogP contribution in [0.3, 0.4) is 0 Å². The highest BCUT2D eigenvalue weighted by molar-refractivity contribution is 5.72. The molecule has 2 aromatic heterocycles. The first-order valence-corrected chi connectivity index (χ1v) is 15.1. The highest BCUT2D eigenvalue weighted by Gasteiger charge is 2.16. The average Bonchev–Trinajstić information content (AvgIpc) is 3.06. The van der Waals surface area contributed by atoms with Gasteiger partial charge >= 0.3 is 0 Å². The summed E-state index contributed by atoms with van der Waals surface area (Å²) < 4.78 is 0. The third kappa shape index (κ3) is 8.25. The lowest BCUT2D eigenvalue weighted by molar-refractivity contribution is 0.252. The van der Waals surface area contributed by atoms with Crippen molar-refractivity contribution in [1.29, 1.82) is 5.26 Å². The standard InChI is InChI=1S/C37H39N5/c1-2-3-4-5-22-41-23-25-42(26-24-41)37-20-12-31(13-21-37)11-17-36-19-15-34(29-40-36)33-14-18-35(39-28-33)16-10-30-6-8-32(27-38)9-7-30/h6-21,28-29H,2-5,22-26H2,1H3/b16-10+,17-11+. The van der Waals surface area contributed by atoms with E-state index in [0.717, 1.165) is 54.3 Å². The molecule has 0 radical (unpaired) electrons. The molecule has 1 fully saturated rings. The minimum absolute atomic E-state index is 0.659. The van der Waals surface area contributed by atoms with Crippen molar-refractivity contribution >= 4 is 30.0 Å². The van der Waals surface area contributed by atoms with Gasteiger partial charge in [-0.15, -0.1) is 0 Å². The highest BCUT2D eigenvalue weighted by atomic mass is 15.3. The molecular formula is C37H39N5. The Labute approximate surface area is 250 Å². The first kappa shape index (κ1) is 29.0. The molecule has 1 saturated heterocycles. The molecule has 5 nitrogen and oxygen atoms in total. The Balaban J connectivity index is 1.11. The van der Waals surface area contributed by atoms with Crippen LogP contribution in [0.2, 0.25) is 0 Å². The Morgan fingerprint density at radius 2 is 1.24 bits per heavy atom. The molecule has 0 amide bonds. The van der Waals surface area contributed by atoms with Gasteiger partial charge in [0.25, 0.3) is 0 Å². The van der Waals surface area contributed by atoms with E-state index in [4.69, 9.17) is 5.26 Å². The Hall–Kier alpha value is -4.53. The van der Waals surface area contributed by atoms with Crippen molar-refractivity contribution < 1.29 is 0 Å². The summed E-state index contributed by atoms with van der Waals surface area (Å²) in [7, 11) is 0. The van der Waals surface area contributed by atoms with Crippen LogP contribution in [0, 0.1) is 11.3 Å². The van der Waals surface area contributed by atoms with E-state index < -0.39 is 0 Å². The lowest BCUT2D eigenvalue weighted by atomic mass is 10.1. The van der Waals surface area contributed by atoms with Crippen molar-refractivity contribution in [3.63, 3.8) is 0 Å². The largest absolute Gasteiger partial charge is 0.369 e. The van der Waals surface area contributed by atoms with Crippen LogP contribution >= 0.6 is 0 Å². The second-order valence-electron chi connectivity index (χ2n) is 10.8. The van der Waals surface area contributed by atoms with Gasteiger partial charge in [-0.2, -0.15) is 5.26 Å². The zero-order valence-corrected chi connectivity index (χ0v) is 24.5. The Morgan fingerprint density at radius 3 is 1.74 bits per heavy atom. The topological polar surface area (TPSA) is 56.0 Å². The number of hydrogen-bond acceptors (Lipinski definition) is 5. The number of hydrogen-bond donors (Lipinski definition) is 0. The smallest absolute Gasteiger partial charge is 0.0991 e. The van der Waals surface area contributed by atoms with Crippen LogP contribution < -0.4 is 4.90 Å². The Bertz CT molecular complexity index is 1490. The van der Waals surface area contributed by atoms with Crippen LogP contribution in [0.25, 0.3) is 35.4 Å². The maximum atomic E-state index is 8.93. The Morgan fingerprint density at radius 1 is 0.667 bits per heavy atom. The molecule has 5 heteroatoms. The molecule has 0 saturated carbocycles. The number of pyridine rings is 2. The number of nitriles is 1. The third-order valence-corrected chi connectivity index (χ3v) is 7.80. The zero-order valence-electron chi connectivity index (χ0n) is 24.5. The molecule has 3 heterocycles. The molecule has 212 valence electrons. The van der Waals surface area contributed by atoms with Gasteiger partial charge in [-0.25, -0.2) is 0 Å². The normalized spacial score (nSPS) is 14.0. The van der Waals surface area contributed by atoms with Crippen LogP contribution in [0.4, 0.5) is 5.69 Å². The number of piperazine rings is 1. The second kappa shape index (κ2) is 14.9. The SMILES string of the molecule is CCCCCCN1CCN(c2ccc(/C=C/c3ccc(-c4ccc(/C=C/c5ccc(C#N)cc5)nc4)cn3)cc2)CC1. The van der Waals surface area contributed by atoms with Gasteiger partial charge in [0.1, 0.15) is 0 Å². The summed E-state index contributed by atoms with van der Waals surface area (Å²) in [6.45, 7) is 8.04. The van der Waals surface area contributed by atoms with E-state index >= 15 is 0 Å². The van der Waals surface area contributed by atoms with Gasteiger partial charge in [-0.3, -0.25) is 14.9 Å². The van der Waals surface area contributed by atoms with Gasteiger partial charge in [0.2, 0.25) is 0 Å². The van der Waals surface area contributed by atoms with Crippen molar-refractivity contribution in [1.82, 2.24) is 14.9 Å². The van der Waals surface area contributed by atoms with Crippen LogP contribution in [-0.2, 0) is 0 Å². The molecule has 0 atom stereocenters. The van der Waals surface area contributed by atoms with Gasteiger partial charge in [0.05, 0.1) is 23.0 Å². The molecule has 0 bridgehead atoms. The maximum absolute atomic E-state index is 8.93. The van der Waals surface area contributed by atoms with E-state index in [9.17, 15) is 0 Å². The first-order chi connectivity index (χ1) is 20.7. The predicted molar refractivity (Wildman–Crippen MR) is 176 cm³/mol. The molecular weight excluding hydrogens is 514 g/mol. The molecule has 4 aromatic rings. The van der Waals surface area contributed by atoms with Crippen molar-refractivity contribution in [3.05, 3.63) is 113 Å². The minimum Gasteiger partial charge on any atom is -0.369 e. The van der Waals surface area contributed by atoms with Crippen LogP contribution in [-0.4, -0.2) is 47.6 Å². The lowest BCUT2D eigenvalue weighted by Gasteiger charge is -2.36. The van der Waals surface area contributed by atoms with E-state index in [-0.39, 0.29) is 0 Å². The molecule has 0 aliphatic carbocycles. The highest BCUT2D eigenvalue weighted by Crippen LogP contribution is 2.21. The maximum Gasteiger partial charge on any atom is 0.0991 e. The monoisotopic (exact) mass is 553 g/mol. The summed E-state index contributed by atoms with van der Waals surface area (Å²) in [5, 5.41) is 8.93. The Kier molecular flexibility index (Phi) is 10.3. The third-order valence-electron chi connectivity index (χ3n) is 7.80. The number of benzene rings is 2. The van der Waals surface area contributed by atoms with E-state index in [1.165, 1.54) is 43.5 Å².